The predicted octanol–water partition coefficient (Wildman–Crippen LogP) is 3.45. The monoisotopic (exact) mass is 414 g/mol. The van der Waals surface area contributed by atoms with E-state index in [1.165, 1.54) is 7.11 Å². The lowest BCUT2D eigenvalue weighted by molar-refractivity contribution is -0.0286. The fourth-order valence-electron chi connectivity index (χ4n) is 3.68. The van der Waals surface area contributed by atoms with E-state index >= 15 is 0 Å². The maximum atomic E-state index is 12.8. The van der Waals surface area contributed by atoms with E-state index < -0.39 is 12.2 Å². The summed E-state index contributed by atoms with van der Waals surface area (Å²) in [7, 11) is 1.35. The molecule has 0 N–H and O–H groups in total. The average Bonchev–Trinajstić information content (AvgIpc) is 3.14. The number of aromatic nitrogens is 2. The van der Waals surface area contributed by atoms with E-state index in [9.17, 15) is 9.59 Å². The van der Waals surface area contributed by atoms with Crippen molar-refractivity contribution in [3.63, 3.8) is 0 Å². The first-order valence-corrected chi connectivity index (χ1v) is 10.0. The SMILES string of the molecule is COC(=O)N1c2ccc(-c3cnn(C4COC4)c3)cc2N(C(=O)OC(C)C)C[C@@H]1C. The Balaban J connectivity index is 1.74. The fourth-order valence-corrected chi connectivity index (χ4v) is 3.68. The van der Waals surface area contributed by atoms with Gasteiger partial charge in [-0.2, -0.15) is 5.10 Å². The summed E-state index contributed by atoms with van der Waals surface area (Å²) in [6.45, 7) is 7.10. The van der Waals surface area contributed by atoms with E-state index in [1.54, 1.807) is 16.0 Å². The second-order valence-corrected chi connectivity index (χ2v) is 7.84. The number of nitrogens with zero attached hydrogens (tertiary/aromatic N) is 4. The summed E-state index contributed by atoms with van der Waals surface area (Å²) in [6.07, 6.45) is 2.60. The van der Waals surface area contributed by atoms with Crippen molar-refractivity contribution in [2.45, 2.75) is 39.0 Å². The summed E-state index contributed by atoms with van der Waals surface area (Å²) in [5, 5.41) is 4.44. The molecule has 1 atom stereocenters. The van der Waals surface area contributed by atoms with Gasteiger partial charge in [0.15, 0.2) is 0 Å². The van der Waals surface area contributed by atoms with Crippen molar-refractivity contribution < 1.29 is 23.8 Å². The molecule has 1 saturated heterocycles. The zero-order valence-corrected chi connectivity index (χ0v) is 17.6. The first-order chi connectivity index (χ1) is 14.4. The van der Waals surface area contributed by atoms with Crippen LogP contribution in [0.5, 0.6) is 0 Å². The lowest BCUT2D eigenvalue weighted by Crippen LogP contribution is -2.52. The summed E-state index contributed by atoms with van der Waals surface area (Å²) < 4.78 is 17.5. The van der Waals surface area contributed by atoms with Gasteiger partial charge in [-0.25, -0.2) is 9.59 Å². The number of hydrogen-bond acceptors (Lipinski definition) is 6. The molecule has 1 aromatic heterocycles. The number of ether oxygens (including phenoxy) is 3. The molecule has 0 aliphatic carbocycles. The minimum Gasteiger partial charge on any atom is -0.452 e. The molecule has 0 saturated carbocycles. The molecule has 1 aromatic carbocycles. The highest BCUT2D eigenvalue weighted by Gasteiger charge is 2.36. The summed E-state index contributed by atoms with van der Waals surface area (Å²) in [5.41, 5.74) is 3.01. The summed E-state index contributed by atoms with van der Waals surface area (Å²) in [4.78, 5) is 28.3. The first kappa shape index (κ1) is 20.2. The molecule has 0 radical (unpaired) electrons. The van der Waals surface area contributed by atoms with Crippen LogP contribution < -0.4 is 9.80 Å². The number of methoxy groups -OCH3 is 1. The second-order valence-electron chi connectivity index (χ2n) is 7.84. The number of anilines is 2. The molecule has 0 spiro atoms. The summed E-state index contributed by atoms with van der Waals surface area (Å²) in [6, 6.07) is 5.62. The van der Waals surface area contributed by atoms with E-state index in [-0.39, 0.29) is 18.2 Å². The molecule has 1 fully saturated rings. The van der Waals surface area contributed by atoms with E-state index in [1.807, 2.05) is 49.8 Å². The molecule has 2 aliphatic rings. The van der Waals surface area contributed by atoms with Gasteiger partial charge < -0.3 is 14.2 Å². The molecular formula is C21H26N4O5. The van der Waals surface area contributed by atoms with Crippen LogP contribution in [-0.2, 0) is 14.2 Å². The standard InChI is InChI=1S/C21H26N4O5/c1-13(2)30-20(26)23-9-14(3)25(21(27)28-4)18-6-5-15(7-19(18)23)16-8-22-24(10-16)17-11-29-12-17/h5-8,10,13-14,17H,9,11-12H2,1-4H3/t14-/m0/s1. The number of carbonyl (C=O) groups is 2. The van der Waals surface area contributed by atoms with Gasteiger partial charge in [-0.05, 0) is 38.5 Å². The lowest BCUT2D eigenvalue weighted by atomic mass is 10.0. The molecule has 2 amide bonds. The van der Waals surface area contributed by atoms with Crippen LogP contribution in [0, 0.1) is 0 Å². The number of fused-ring (bicyclic) bond motifs is 1. The fraction of sp³-hybridized carbons (Fsp3) is 0.476. The number of hydrogen-bond donors (Lipinski definition) is 0. The molecule has 30 heavy (non-hydrogen) atoms. The third-order valence-corrected chi connectivity index (χ3v) is 5.27. The zero-order chi connectivity index (χ0) is 21.4. The third kappa shape index (κ3) is 3.60. The Morgan fingerprint density at radius 1 is 1.17 bits per heavy atom. The maximum absolute atomic E-state index is 12.8. The van der Waals surface area contributed by atoms with Gasteiger partial charge in [-0.1, -0.05) is 6.07 Å². The van der Waals surface area contributed by atoms with E-state index in [2.05, 4.69) is 5.10 Å². The van der Waals surface area contributed by atoms with Gasteiger partial charge in [0.05, 0.1) is 62.6 Å². The Kier molecular flexibility index (Phi) is 5.38. The van der Waals surface area contributed by atoms with Crippen molar-refractivity contribution in [2.24, 2.45) is 0 Å². The molecule has 0 bridgehead atoms. The molecule has 2 aromatic rings. The van der Waals surface area contributed by atoms with Crippen LogP contribution >= 0.6 is 0 Å². The quantitative estimate of drug-likeness (QED) is 0.765. The first-order valence-electron chi connectivity index (χ1n) is 10.0. The Morgan fingerprint density at radius 3 is 2.57 bits per heavy atom. The molecule has 0 unspecified atom stereocenters. The Hall–Kier alpha value is -3.07. The Bertz CT molecular complexity index is 953. The lowest BCUT2D eigenvalue weighted by Gasteiger charge is -2.40. The third-order valence-electron chi connectivity index (χ3n) is 5.27. The van der Waals surface area contributed by atoms with E-state index in [4.69, 9.17) is 14.2 Å². The molecule has 3 heterocycles. The second kappa shape index (κ2) is 7.98. The van der Waals surface area contributed by atoms with E-state index in [0.717, 1.165) is 11.1 Å². The highest BCUT2D eigenvalue weighted by Crippen LogP contribution is 2.39. The summed E-state index contributed by atoms with van der Waals surface area (Å²) >= 11 is 0. The molecule has 9 heteroatoms. The number of carbonyl (C=O) groups excluding carboxylic acids is 2. The van der Waals surface area contributed by atoms with E-state index in [0.29, 0.717) is 31.1 Å². The molecular weight excluding hydrogens is 388 g/mol. The van der Waals surface area contributed by atoms with Gasteiger partial charge in [0, 0.05) is 11.8 Å². The largest absolute Gasteiger partial charge is 0.452 e. The van der Waals surface area contributed by atoms with Gasteiger partial charge in [0.25, 0.3) is 0 Å². The van der Waals surface area contributed by atoms with Crippen LogP contribution in [0.4, 0.5) is 21.0 Å². The highest BCUT2D eigenvalue weighted by atomic mass is 16.6. The van der Waals surface area contributed by atoms with Crippen LogP contribution in [0.15, 0.2) is 30.6 Å². The number of rotatable bonds is 3. The van der Waals surface area contributed by atoms with Crippen molar-refractivity contribution in [1.29, 1.82) is 0 Å². The topological polar surface area (TPSA) is 86.1 Å². The highest BCUT2D eigenvalue weighted by molar-refractivity contribution is 6.01. The number of amides is 2. The van der Waals surface area contributed by atoms with Crippen molar-refractivity contribution in [2.75, 3.05) is 36.7 Å². The summed E-state index contributed by atoms with van der Waals surface area (Å²) in [5.74, 6) is 0. The van der Waals surface area contributed by atoms with Crippen molar-refractivity contribution in [3.8, 4) is 11.1 Å². The van der Waals surface area contributed by atoms with Crippen LogP contribution in [0.1, 0.15) is 26.8 Å². The van der Waals surface area contributed by atoms with Crippen LogP contribution in [-0.4, -0.2) is 61.0 Å². The molecule has 4 rings (SSSR count). The minimum absolute atomic E-state index is 0.249. The minimum atomic E-state index is -0.467. The van der Waals surface area contributed by atoms with Crippen molar-refractivity contribution >= 4 is 23.6 Å². The van der Waals surface area contributed by atoms with Crippen LogP contribution in [0.25, 0.3) is 11.1 Å². The predicted molar refractivity (Wildman–Crippen MR) is 111 cm³/mol. The zero-order valence-electron chi connectivity index (χ0n) is 17.6. The normalized spacial score (nSPS) is 18.8. The van der Waals surface area contributed by atoms with Crippen molar-refractivity contribution in [1.82, 2.24) is 9.78 Å². The van der Waals surface area contributed by atoms with Gasteiger partial charge in [0.1, 0.15) is 0 Å². The smallest absolute Gasteiger partial charge is 0.414 e. The molecule has 2 aliphatic heterocycles. The average molecular weight is 414 g/mol. The van der Waals surface area contributed by atoms with Gasteiger partial charge in [0.2, 0.25) is 0 Å². The van der Waals surface area contributed by atoms with Crippen LogP contribution in [0.2, 0.25) is 0 Å². The molecule has 9 nitrogen and oxygen atoms in total. The molecule has 160 valence electrons. The Morgan fingerprint density at radius 2 is 1.93 bits per heavy atom. The van der Waals surface area contributed by atoms with Crippen LogP contribution in [0.3, 0.4) is 0 Å². The van der Waals surface area contributed by atoms with Gasteiger partial charge >= 0.3 is 12.2 Å². The number of benzene rings is 1. The Labute approximate surface area is 175 Å². The van der Waals surface area contributed by atoms with Gasteiger partial charge in [-0.3, -0.25) is 14.5 Å². The maximum Gasteiger partial charge on any atom is 0.414 e. The van der Waals surface area contributed by atoms with Crippen molar-refractivity contribution in [3.05, 3.63) is 30.6 Å². The van der Waals surface area contributed by atoms with Gasteiger partial charge in [-0.15, -0.1) is 0 Å².